The molecule has 0 unspecified atom stereocenters. The van der Waals surface area contributed by atoms with Crippen molar-refractivity contribution in [1.29, 1.82) is 0 Å². The molecule has 28 heavy (non-hydrogen) atoms. The van der Waals surface area contributed by atoms with Crippen molar-refractivity contribution in [2.75, 3.05) is 5.75 Å². The Kier molecular flexibility index (Phi) is 5.30. The zero-order chi connectivity index (χ0) is 19.3. The number of aromatic nitrogens is 4. The van der Waals surface area contributed by atoms with Gasteiger partial charge in [0.2, 0.25) is 0 Å². The highest BCUT2D eigenvalue weighted by atomic mass is 32.2. The third kappa shape index (κ3) is 3.87. The number of hydrogen-bond acceptors (Lipinski definition) is 5. The lowest BCUT2D eigenvalue weighted by Gasteiger charge is -2.10. The molecule has 0 fully saturated rings. The average Bonchev–Trinajstić information content (AvgIpc) is 3.18. The Balaban J connectivity index is 1.65. The van der Waals surface area contributed by atoms with Crippen LogP contribution in [-0.4, -0.2) is 31.3 Å². The van der Waals surface area contributed by atoms with Crippen LogP contribution in [0.1, 0.15) is 15.9 Å². The van der Waals surface area contributed by atoms with Crippen molar-refractivity contribution in [2.45, 2.75) is 12.1 Å². The summed E-state index contributed by atoms with van der Waals surface area (Å²) in [5.74, 6) is 1.08. The van der Waals surface area contributed by atoms with Crippen molar-refractivity contribution >= 4 is 17.5 Å². The third-order valence-electron chi connectivity index (χ3n) is 4.29. The van der Waals surface area contributed by atoms with E-state index in [1.165, 1.54) is 11.8 Å². The minimum absolute atomic E-state index is 0.0677. The van der Waals surface area contributed by atoms with Crippen LogP contribution >= 0.6 is 11.8 Å². The molecule has 0 atom stereocenters. The van der Waals surface area contributed by atoms with E-state index in [1.54, 1.807) is 12.4 Å². The van der Waals surface area contributed by atoms with Crippen molar-refractivity contribution in [1.82, 2.24) is 19.7 Å². The van der Waals surface area contributed by atoms with Crippen LogP contribution in [0.4, 0.5) is 0 Å². The number of rotatable bonds is 6. The van der Waals surface area contributed by atoms with Crippen molar-refractivity contribution in [3.8, 4) is 17.1 Å². The van der Waals surface area contributed by atoms with Crippen LogP contribution in [0.3, 0.4) is 0 Å². The van der Waals surface area contributed by atoms with Gasteiger partial charge in [0.25, 0.3) is 0 Å². The molecule has 2 aromatic heterocycles. The minimum atomic E-state index is 0.0677. The Bertz CT molecular complexity index is 1080. The molecule has 0 amide bonds. The number of ketones is 1. The number of Topliss-reactive ketones (excluding diaryl/α,β-unsaturated/α-hetero) is 1. The average molecular weight is 386 g/mol. The quantitative estimate of drug-likeness (QED) is 0.358. The number of carbonyl (C=O) groups excluding carboxylic acids is 1. The van der Waals surface area contributed by atoms with E-state index in [9.17, 15) is 4.79 Å². The van der Waals surface area contributed by atoms with Crippen LogP contribution in [0.5, 0.6) is 0 Å². The molecule has 2 heterocycles. The van der Waals surface area contributed by atoms with Crippen molar-refractivity contribution in [3.05, 3.63) is 90.3 Å². The molecule has 0 aliphatic carbocycles. The van der Waals surface area contributed by atoms with Gasteiger partial charge in [-0.1, -0.05) is 59.8 Å². The summed E-state index contributed by atoms with van der Waals surface area (Å²) in [6, 6.07) is 21.3. The Morgan fingerprint density at radius 3 is 2.36 bits per heavy atom. The molecule has 0 saturated heterocycles. The van der Waals surface area contributed by atoms with Crippen LogP contribution in [0.15, 0.2) is 84.3 Å². The standard InChI is InChI=1S/C22H18N4OS/c1-16-7-9-17(10-8-16)20(27)15-28-22-25-24-21(18-11-13-23-14-12-18)26(22)19-5-3-2-4-6-19/h2-14H,15H2,1H3. The highest BCUT2D eigenvalue weighted by Crippen LogP contribution is 2.28. The first kappa shape index (κ1) is 18.1. The number of pyridine rings is 1. The molecule has 0 aliphatic rings. The summed E-state index contributed by atoms with van der Waals surface area (Å²) in [5.41, 5.74) is 3.71. The molecule has 0 saturated carbocycles. The zero-order valence-corrected chi connectivity index (χ0v) is 16.1. The monoisotopic (exact) mass is 386 g/mol. The predicted molar refractivity (Wildman–Crippen MR) is 111 cm³/mol. The lowest BCUT2D eigenvalue weighted by atomic mass is 10.1. The first-order valence-electron chi connectivity index (χ1n) is 8.86. The maximum Gasteiger partial charge on any atom is 0.196 e. The van der Waals surface area contributed by atoms with E-state index < -0.39 is 0 Å². The van der Waals surface area contributed by atoms with E-state index in [4.69, 9.17) is 0 Å². The molecule has 4 aromatic rings. The lowest BCUT2D eigenvalue weighted by Crippen LogP contribution is -2.05. The number of carbonyl (C=O) groups is 1. The lowest BCUT2D eigenvalue weighted by molar-refractivity contribution is 0.102. The van der Waals surface area contributed by atoms with Crippen LogP contribution in [-0.2, 0) is 0 Å². The highest BCUT2D eigenvalue weighted by molar-refractivity contribution is 7.99. The van der Waals surface area contributed by atoms with Crippen LogP contribution < -0.4 is 0 Å². The van der Waals surface area contributed by atoms with Crippen LogP contribution in [0.2, 0.25) is 0 Å². The van der Waals surface area contributed by atoms with Crippen LogP contribution in [0, 0.1) is 6.92 Å². The second kappa shape index (κ2) is 8.19. The Morgan fingerprint density at radius 2 is 1.64 bits per heavy atom. The zero-order valence-electron chi connectivity index (χ0n) is 15.3. The van der Waals surface area contributed by atoms with E-state index in [0.29, 0.717) is 16.5 Å². The molecular weight excluding hydrogens is 368 g/mol. The summed E-state index contributed by atoms with van der Waals surface area (Å²) in [6.07, 6.45) is 3.46. The fraction of sp³-hybridized carbons (Fsp3) is 0.0909. The Morgan fingerprint density at radius 1 is 0.929 bits per heavy atom. The summed E-state index contributed by atoms with van der Waals surface area (Å²) in [4.78, 5) is 16.6. The number of hydrogen-bond donors (Lipinski definition) is 0. The van der Waals surface area contributed by atoms with Gasteiger partial charge in [0.05, 0.1) is 5.75 Å². The molecule has 0 N–H and O–H groups in total. The maximum absolute atomic E-state index is 12.6. The molecule has 4 rings (SSSR count). The predicted octanol–water partition coefficient (Wildman–Crippen LogP) is 4.61. The van der Waals surface area contributed by atoms with Gasteiger partial charge in [-0.2, -0.15) is 0 Å². The van der Waals surface area contributed by atoms with E-state index in [-0.39, 0.29) is 5.78 Å². The molecule has 0 aliphatic heterocycles. The summed E-state index contributed by atoms with van der Waals surface area (Å²) in [5, 5.41) is 9.41. The van der Waals surface area contributed by atoms with E-state index in [1.807, 2.05) is 78.2 Å². The number of benzene rings is 2. The third-order valence-corrected chi connectivity index (χ3v) is 5.22. The number of para-hydroxylation sites is 1. The van der Waals surface area contributed by atoms with Crippen molar-refractivity contribution < 1.29 is 4.79 Å². The molecule has 5 nitrogen and oxygen atoms in total. The van der Waals surface area contributed by atoms with Crippen LogP contribution in [0.25, 0.3) is 17.1 Å². The normalized spacial score (nSPS) is 10.8. The van der Waals surface area contributed by atoms with Gasteiger partial charge in [0, 0.05) is 29.2 Å². The second-order valence-corrected chi connectivity index (χ2v) is 7.23. The van der Waals surface area contributed by atoms with E-state index in [2.05, 4.69) is 15.2 Å². The van der Waals surface area contributed by atoms with Gasteiger partial charge in [-0.25, -0.2) is 0 Å². The first-order chi connectivity index (χ1) is 13.7. The molecule has 138 valence electrons. The molecule has 0 spiro atoms. The van der Waals surface area contributed by atoms with E-state index >= 15 is 0 Å². The summed E-state index contributed by atoms with van der Waals surface area (Å²) in [7, 11) is 0. The topological polar surface area (TPSA) is 60.7 Å². The number of thioether (sulfide) groups is 1. The van der Waals surface area contributed by atoms with Gasteiger partial charge < -0.3 is 0 Å². The molecule has 0 bridgehead atoms. The maximum atomic E-state index is 12.6. The van der Waals surface area contributed by atoms with Gasteiger partial charge in [0.15, 0.2) is 16.8 Å². The fourth-order valence-electron chi connectivity index (χ4n) is 2.81. The molecule has 0 radical (unpaired) electrons. The Labute approximate surface area is 167 Å². The summed E-state index contributed by atoms with van der Waals surface area (Å²) in [6.45, 7) is 2.01. The summed E-state index contributed by atoms with van der Waals surface area (Å²) >= 11 is 1.39. The smallest absolute Gasteiger partial charge is 0.196 e. The number of aryl methyl sites for hydroxylation is 1. The second-order valence-electron chi connectivity index (χ2n) is 6.29. The fourth-order valence-corrected chi connectivity index (χ4v) is 3.66. The van der Waals surface area contributed by atoms with Crippen molar-refractivity contribution in [3.63, 3.8) is 0 Å². The molecule has 2 aromatic carbocycles. The summed E-state index contributed by atoms with van der Waals surface area (Å²) < 4.78 is 1.97. The van der Waals surface area contributed by atoms with Gasteiger partial charge in [-0.05, 0) is 31.2 Å². The Hall–Kier alpha value is -3.25. The first-order valence-corrected chi connectivity index (χ1v) is 9.85. The number of nitrogens with zero attached hydrogens (tertiary/aromatic N) is 4. The van der Waals surface area contributed by atoms with E-state index in [0.717, 1.165) is 22.6 Å². The van der Waals surface area contributed by atoms with Crippen molar-refractivity contribution in [2.24, 2.45) is 0 Å². The SMILES string of the molecule is Cc1ccc(C(=O)CSc2nnc(-c3ccncc3)n2-c2ccccc2)cc1. The highest BCUT2D eigenvalue weighted by Gasteiger charge is 2.17. The van der Waals surface area contributed by atoms with Gasteiger partial charge in [0.1, 0.15) is 0 Å². The molecule has 6 heteroatoms. The largest absolute Gasteiger partial charge is 0.293 e. The minimum Gasteiger partial charge on any atom is -0.293 e. The van der Waals surface area contributed by atoms with Gasteiger partial charge in [-0.3, -0.25) is 14.3 Å². The van der Waals surface area contributed by atoms with Gasteiger partial charge >= 0.3 is 0 Å². The van der Waals surface area contributed by atoms with Gasteiger partial charge in [-0.15, -0.1) is 10.2 Å². The molecular formula is C22H18N4OS.